The number of rotatable bonds is 3. The summed E-state index contributed by atoms with van der Waals surface area (Å²) in [6, 6.07) is 10.6. The molecule has 0 aliphatic carbocycles. The quantitative estimate of drug-likeness (QED) is 0.872. The van der Waals surface area contributed by atoms with Gasteiger partial charge in [-0.15, -0.1) is 0 Å². The highest BCUT2D eigenvalue weighted by molar-refractivity contribution is 5.81. The van der Waals surface area contributed by atoms with Gasteiger partial charge in [-0.05, 0) is 19.7 Å². The Bertz CT molecular complexity index is 492. The van der Waals surface area contributed by atoms with E-state index in [0.29, 0.717) is 12.6 Å². The first-order valence-corrected chi connectivity index (χ1v) is 7.62. The van der Waals surface area contributed by atoms with Crippen molar-refractivity contribution in [2.24, 2.45) is 0 Å². The van der Waals surface area contributed by atoms with Crippen LogP contribution in [0.15, 0.2) is 30.3 Å². The third-order valence-electron chi connectivity index (χ3n) is 4.58. The summed E-state index contributed by atoms with van der Waals surface area (Å²) >= 11 is 0. The highest BCUT2D eigenvalue weighted by Crippen LogP contribution is 2.23. The van der Waals surface area contributed by atoms with Gasteiger partial charge in [0.1, 0.15) is 6.17 Å². The average Bonchev–Trinajstić information content (AvgIpc) is 2.85. The molecule has 2 aliphatic heterocycles. The van der Waals surface area contributed by atoms with Crippen LogP contribution in [-0.2, 0) is 4.79 Å². The molecule has 5 nitrogen and oxygen atoms in total. The van der Waals surface area contributed by atoms with Crippen molar-refractivity contribution in [3.63, 3.8) is 0 Å². The first-order chi connectivity index (χ1) is 10.1. The van der Waals surface area contributed by atoms with Crippen molar-refractivity contribution in [2.75, 3.05) is 46.8 Å². The number of benzene rings is 1. The van der Waals surface area contributed by atoms with E-state index in [1.54, 1.807) is 0 Å². The highest BCUT2D eigenvalue weighted by atomic mass is 16.2. The van der Waals surface area contributed by atoms with Gasteiger partial charge in [-0.1, -0.05) is 30.3 Å². The van der Waals surface area contributed by atoms with Crippen molar-refractivity contribution in [3.8, 4) is 0 Å². The first-order valence-electron chi connectivity index (χ1n) is 7.62. The minimum atomic E-state index is 0.0133. The molecule has 2 unspecified atom stereocenters. The van der Waals surface area contributed by atoms with Gasteiger partial charge in [0.15, 0.2) is 0 Å². The number of nitrogens with one attached hydrogen (secondary N) is 1. The summed E-state index contributed by atoms with van der Waals surface area (Å²) in [4.78, 5) is 19.0. The molecule has 1 aromatic carbocycles. The van der Waals surface area contributed by atoms with Crippen LogP contribution in [-0.4, -0.2) is 73.5 Å². The van der Waals surface area contributed by atoms with Crippen LogP contribution in [0.4, 0.5) is 0 Å². The van der Waals surface area contributed by atoms with Crippen molar-refractivity contribution < 1.29 is 4.79 Å². The van der Waals surface area contributed by atoms with Crippen LogP contribution in [0.2, 0.25) is 0 Å². The van der Waals surface area contributed by atoms with Gasteiger partial charge >= 0.3 is 0 Å². The van der Waals surface area contributed by atoms with E-state index in [1.807, 2.05) is 23.1 Å². The Hall–Kier alpha value is -1.43. The number of nitrogens with zero attached hydrogens (tertiary/aromatic N) is 3. The van der Waals surface area contributed by atoms with Crippen molar-refractivity contribution in [1.82, 2.24) is 20.0 Å². The predicted octanol–water partition coefficient (Wildman–Crippen LogP) is 0.363. The van der Waals surface area contributed by atoms with Gasteiger partial charge < -0.3 is 9.80 Å². The summed E-state index contributed by atoms with van der Waals surface area (Å²) in [5, 5.41) is 3.33. The Labute approximate surface area is 126 Å². The number of hydrogen-bond acceptors (Lipinski definition) is 4. The predicted molar refractivity (Wildman–Crippen MR) is 82.8 cm³/mol. The van der Waals surface area contributed by atoms with Gasteiger partial charge in [-0.2, -0.15) is 0 Å². The third kappa shape index (κ3) is 3.10. The second-order valence-electron chi connectivity index (χ2n) is 6.14. The molecule has 2 heterocycles. The summed E-state index contributed by atoms with van der Waals surface area (Å²) in [5.74, 6) is 0.200. The largest absolute Gasteiger partial charge is 0.320 e. The molecule has 2 aliphatic rings. The molecular formula is C16H24N4O. The molecule has 1 amide bonds. The molecule has 1 N–H and O–H groups in total. The molecule has 2 saturated heterocycles. The van der Waals surface area contributed by atoms with E-state index in [4.69, 9.17) is 0 Å². The molecule has 5 heteroatoms. The fourth-order valence-corrected chi connectivity index (χ4v) is 3.21. The minimum Gasteiger partial charge on any atom is -0.320 e. The number of carbonyl (C=O) groups excluding carboxylic acids is 1. The second-order valence-corrected chi connectivity index (χ2v) is 6.14. The molecule has 21 heavy (non-hydrogen) atoms. The van der Waals surface area contributed by atoms with E-state index < -0.39 is 0 Å². The maximum atomic E-state index is 12.3. The lowest BCUT2D eigenvalue weighted by Crippen LogP contribution is -2.55. The van der Waals surface area contributed by atoms with E-state index in [0.717, 1.165) is 31.7 Å². The number of amides is 1. The normalized spacial score (nSPS) is 28.3. The molecule has 2 atom stereocenters. The maximum absolute atomic E-state index is 12.3. The number of hydrogen-bond donors (Lipinski definition) is 1. The van der Waals surface area contributed by atoms with Gasteiger partial charge in [0.25, 0.3) is 0 Å². The Kier molecular flexibility index (Phi) is 4.24. The van der Waals surface area contributed by atoms with Crippen LogP contribution in [0.25, 0.3) is 0 Å². The lowest BCUT2D eigenvalue weighted by Gasteiger charge is -2.40. The van der Waals surface area contributed by atoms with Crippen LogP contribution in [0.3, 0.4) is 0 Å². The molecule has 3 rings (SSSR count). The van der Waals surface area contributed by atoms with Crippen LogP contribution >= 0.6 is 0 Å². The molecule has 0 saturated carbocycles. The van der Waals surface area contributed by atoms with E-state index in [1.165, 1.54) is 0 Å². The third-order valence-corrected chi connectivity index (χ3v) is 4.58. The lowest BCUT2D eigenvalue weighted by atomic mass is 10.1. The van der Waals surface area contributed by atoms with Gasteiger partial charge in [0.2, 0.25) is 5.91 Å². The Morgan fingerprint density at radius 1 is 1.19 bits per heavy atom. The highest BCUT2D eigenvalue weighted by Gasteiger charge is 2.35. The van der Waals surface area contributed by atoms with Crippen molar-refractivity contribution in [2.45, 2.75) is 12.2 Å². The molecule has 0 spiro atoms. The van der Waals surface area contributed by atoms with Gasteiger partial charge in [-0.3, -0.25) is 15.0 Å². The zero-order chi connectivity index (χ0) is 14.8. The zero-order valence-corrected chi connectivity index (χ0v) is 12.8. The van der Waals surface area contributed by atoms with Crippen molar-refractivity contribution in [1.29, 1.82) is 0 Å². The lowest BCUT2D eigenvalue weighted by molar-refractivity contribution is -0.129. The Balaban J connectivity index is 1.74. The van der Waals surface area contributed by atoms with Crippen molar-refractivity contribution in [3.05, 3.63) is 35.9 Å². The SMILES string of the molecule is CN1CCN(C)C(CN2C(=O)CNC2c2ccccc2)C1. The van der Waals surface area contributed by atoms with E-state index in [-0.39, 0.29) is 12.1 Å². The van der Waals surface area contributed by atoms with Crippen LogP contribution in [0, 0.1) is 0 Å². The van der Waals surface area contributed by atoms with Crippen molar-refractivity contribution >= 4 is 5.91 Å². The average molecular weight is 288 g/mol. The van der Waals surface area contributed by atoms with Gasteiger partial charge in [-0.25, -0.2) is 0 Å². The summed E-state index contributed by atoms with van der Waals surface area (Å²) in [6.07, 6.45) is 0.0133. The molecule has 0 aromatic heterocycles. The second kappa shape index (κ2) is 6.13. The van der Waals surface area contributed by atoms with Crippen LogP contribution in [0.5, 0.6) is 0 Å². The maximum Gasteiger partial charge on any atom is 0.238 e. The Morgan fingerprint density at radius 2 is 1.95 bits per heavy atom. The van der Waals surface area contributed by atoms with Crippen LogP contribution in [0.1, 0.15) is 11.7 Å². The summed E-state index contributed by atoms with van der Waals surface area (Å²) in [6.45, 7) is 4.40. The standard InChI is InChI=1S/C16H24N4O/c1-18-8-9-19(2)14(11-18)12-20-15(21)10-17-16(20)13-6-4-3-5-7-13/h3-7,14,16-17H,8-12H2,1-2H3. The minimum absolute atomic E-state index is 0.0133. The molecule has 114 valence electrons. The fourth-order valence-electron chi connectivity index (χ4n) is 3.21. The van der Waals surface area contributed by atoms with E-state index >= 15 is 0 Å². The first kappa shape index (κ1) is 14.5. The molecule has 0 radical (unpaired) electrons. The summed E-state index contributed by atoms with van der Waals surface area (Å²) in [7, 11) is 4.31. The zero-order valence-electron chi connectivity index (χ0n) is 12.8. The van der Waals surface area contributed by atoms with Crippen LogP contribution < -0.4 is 5.32 Å². The molecular weight excluding hydrogens is 264 g/mol. The Morgan fingerprint density at radius 3 is 2.71 bits per heavy atom. The number of likely N-dealkylation sites (N-methyl/N-ethyl adjacent to an activating group) is 2. The number of piperazine rings is 1. The monoisotopic (exact) mass is 288 g/mol. The molecule has 1 aromatic rings. The topological polar surface area (TPSA) is 38.8 Å². The smallest absolute Gasteiger partial charge is 0.238 e. The summed E-state index contributed by atoms with van der Waals surface area (Å²) < 4.78 is 0. The van der Waals surface area contributed by atoms with E-state index in [9.17, 15) is 4.79 Å². The molecule has 0 bridgehead atoms. The van der Waals surface area contributed by atoms with Gasteiger partial charge in [0, 0.05) is 32.2 Å². The fraction of sp³-hybridized carbons (Fsp3) is 0.562. The summed E-state index contributed by atoms with van der Waals surface area (Å²) in [5.41, 5.74) is 1.16. The van der Waals surface area contributed by atoms with E-state index in [2.05, 4.69) is 41.3 Å². The number of carbonyl (C=O) groups is 1. The van der Waals surface area contributed by atoms with Gasteiger partial charge in [0.05, 0.1) is 6.54 Å². The molecule has 2 fully saturated rings.